The largest absolute Gasteiger partial charge is 0.481 e. The topological polar surface area (TPSA) is 81.1 Å². The van der Waals surface area contributed by atoms with E-state index < -0.39 is 11.4 Å². The Kier molecular flexibility index (Phi) is 4.14. The van der Waals surface area contributed by atoms with Crippen molar-refractivity contribution < 1.29 is 9.90 Å². The quantitative estimate of drug-likeness (QED) is 0.874. The van der Waals surface area contributed by atoms with E-state index in [4.69, 9.17) is 5.73 Å². The first-order valence-electron chi connectivity index (χ1n) is 6.90. The molecular formula is C16H21N3O2. The number of aliphatic carboxylic acids is 1. The summed E-state index contributed by atoms with van der Waals surface area (Å²) in [6.45, 7) is 3.84. The number of benzene rings is 1. The zero-order valence-corrected chi connectivity index (χ0v) is 12.6. The third-order valence-electron chi connectivity index (χ3n) is 4.00. The van der Waals surface area contributed by atoms with Crippen molar-refractivity contribution in [1.29, 1.82) is 0 Å². The van der Waals surface area contributed by atoms with Crippen molar-refractivity contribution in [3.8, 4) is 0 Å². The fraction of sp³-hybridized carbons (Fsp3) is 0.375. The Morgan fingerprint density at radius 3 is 2.52 bits per heavy atom. The summed E-state index contributed by atoms with van der Waals surface area (Å²) >= 11 is 0. The molecule has 0 aliphatic heterocycles. The van der Waals surface area contributed by atoms with Crippen LogP contribution in [0.25, 0.3) is 0 Å². The van der Waals surface area contributed by atoms with Crippen LogP contribution in [0.15, 0.2) is 30.3 Å². The second kappa shape index (κ2) is 5.69. The normalized spacial score (nSPS) is 13.9. The minimum atomic E-state index is -1.13. The van der Waals surface area contributed by atoms with Gasteiger partial charge < -0.3 is 10.8 Å². The highest BCUT2D eigenvalue weighted by Crippen LogP contribution is 2.30. The Bertz CT molecular complexity index is 663. The van der Waals surface area contributed by atoms with E-state index in [9.17, 15) is 9.90 Å². The molecule has 5 heteroatoms. The molecule has 112 valence electrons. The predicted molar refractivity (Wildman–Crippen MR) is 81.2 cm³/mol. The van der Waals surface area contributed by atoms with Crippen LogP contribution in [0.3, 0.4) is 0 Å². The molecule has 1 aromatic carbocycles. The van der Waals surface area contributed by atoms with Gasteiger partial charge in [-0.2, -0.15) is 5.10 Å². The second-order valence-corrected chi connectivity index (χ2v) is 5.48. The minimum Gasteiger partial charge on any atom is -0.481 e. The van der Waals surface area contributed by atoms with Gasteiger partial charge in [0.15, 0.2) is 0 Å². The molecule has 0 radical (unpaired) electrons. The number of carboxylic acid groups (broad SMARTS) is 1. The Balaban J connectivity index is 2.55. The van der Waals surface area contributed by atoms with E-state index in [0.717, 1.165) is 22.5 Å². The second-order valence-electron chi connectivity index (χ2n) is 5.48. The van der Waals surface area contributed by atoms with Gasteiger partial charge in [-0.15, -0.1) is 0 Å². The van der Waals surface area contributed by atoms with Crippen LogP contribution >= 0.6 is 0 Å². The zero-order valence-electron chi connectivity index (χ0n) is 12.6. The molecule has 0 amide bonds. The lowest BCUT2D eigenvalue weighted by Crippen LogP contribution is -2.45. The highest BCUT2D eigenvalue weighted by Gasteiger charge is 2.41. The maximum absolute atomic E-state index is 12.0. The summed E-state index contributed by atoms with van der Waals surface area (Å²) in [7, 11) is 1.82. The van der Waals surface area contributed by atoms with E-state index in [1.165, 1.54) is 0 Å². The van der Waals surface area contributed by atoms with Gasteiger partial charge in [0.25, 0.3) is 0 Å². The number of hydrogen-bond donors (Lipinski definition) is 2. The summed E-state index contributed by atoms with van der Waals surface area (Å²) in [6.07, 6.45) is 0.320. The third kappa shape index (κ3) is 2.69. The van der Waals surface area contributed by atoms with E-state index >= 15 is 0 Å². The van der Waals surface area contributed by atoms with Crippen molar-refractivity contribution in [3.05, 3.63) is 52.8 Å². The molecule has 3 N–H and O–H groups in total. The zero-order chi connectivity index (χ0) is 15.6. The Hall–Kier alpha value is -2.14. The molecule has 0 spiro atoms. The summed E-state index contributed by atoms with van der Waals surface area (Å²) < 4.78 is 1.72. The first-order valence-corrected chi connectivity index (χ1v) is 6.90. The van der Waals surface area contributed by atoms with Gasteiger partial charge in [-0.3, -0.25) is 9.48 Å². The molecule has 0 saturated heterocycles. The van der Waals surface area contributed by atoms with Crippen molar-refractivity contribution in [2.24, 2.45) is 12.8 Å². The molecule has 1 atom stereocenters. The van der Waals surface area contributed by atoms with Crippen molar-refractivity contribution in [2.75, 3.05) is 6.54 Å². The van der Waals surface area contributed by atoms with Crippen LogP contribution in [-0.2, 0) is 23.7 Å². The van der Waals surface area contributed by atoms with Crippen LogP contribution in [0, 0.1) is 13.8 Å². The van der Waals surface area contributed by atoms with Crippen LogP contribution in [-0.4, -0.2) is 27.4 Å². The molecule has 1 aromatic heterocycles. The molecule has 21 heavy (non-hydrogen) atoms. The molecular weight excluding hydrogens is 266 g/mol. The fourth-order valence-corrected chi connectivity index (χ4v) is 2.80. The number of carbonyl (C=O) groups is 1. The van der Waals surface area contributed by atoms with Crippen molar-refractivity contribution in [1.82, 2.24) is 9.78 Å². The molecule has 2 aromatic rings. The van der Waals surface area contributed by atoms with E-state index in [1.807, 2.05) is 51.2 Å². The third-order valence-corrected chi connectivity index (χ3v) is 4.00. The van der Waals surface area contributed by atoms with Gasteiger partial charge in [-0.1, -0.05) is 24.3 Å². The smallest absolute Gasteiger partial charge is 0.315 e. The van der Waals surface area contributed by atoms with Crippen LogP contribution in [0.4, 0.5) is 0 Å². The molecule has 0 saturated carbocycles. The lowest BCUT2D eigenvalue weighted by molar-refractivity contribution is -0.143. The van der Waals surface area contributed by atoms with Gasteiger partial charge in [-0.25, -0.2) is 0 Å². The van der Waals surface area contributed by atoms with Crippen molar-refractivity contribution >= 4 is 5.97 Å². The maximum Gasteiger partial charge on any atom is 0.315 e. The van der Waals surface area contributed by atoms with Crippen molar-refractivity contribution in [2.45, 2.75) is 25.7 Å². The molecule has 0 fully saturated rings. The Morgan fingerprint density at radius 1 is 1.38 bits per heavy atom. The number of nitrogens with two attached hydrogens (primary N) is 1. The predicted octanol–water partition coefficient (Wildman–Crippen LogP) is 1.56. The van der Waals surface area contributed by atoms with Gasteiger partial charge >= 0.3 is 5.97 Å². The molecule has 0 bridgehead atoms. The number of nitrogens with zero attached hydrogens (tertiary/aromatic N) is 2. The number of aryl methyl sites for hydroxylation is 3. The van der Waals surface area contributed by atoms with E-state index in [2.05, 4.69) is 5.10 Å². The summed E-state index contributed by atoms with van der Waals surface area (Å²) in [5.41, 5.74) is 8.20. The van der Waals surface area contributed by atoms with Crippen LogP contribution in [0.2, 0.25) is 0 Å². The average molecular weight is 287 g/mol. The highest BCUT2D eigenvalue weighted by molar-refractivity contribution is 5.82. The van der Waals surface area contributed by atoms with Gasteiger partial charge in [0.2, 0.25) is 0 Å². The molecule has 0 aliphatic rings. The minimum absolute atomic E-state index is 0.0391. The summed E-state index contributed by atoms with van der Waals surface area (Å²) in [5, 5.41) is 14.1. The van der Waals surface area contributed by atoms with Gasteiger partial charge in [-0.05, 0) is 31.0 Å². The lowest BCUT2D eigenvalue weighted by atomic mass is 9.75. The van der Waals surface area contributed by atoms with E-state index in [0.29, 0.717) is 6.42 Å². The fourth-order valence-electron chi connectivity index (χ4n) is 2.80. The monoisotopic (exact) mass is 287 g/mol. The van der Waals surface area contributed by atoms with Crippen LogP contribution < -0.4 is 5.73 Å². The van der Waals surface area contributed by atoms with E-state index in [1.54, 1.807) is 4.68 Å². The standard InChI is InChI=1S/C16H21N3O2/c1-11-6-4-5-7-14(11)16(10-17,15(20)21)9-13-8-12(2)18-19(13)3/h4-8H,9-10,17H2,1-3H3,(H,20,21). The van der Waals surface area contributed by atoms with Crippen LogP contribution in [0.5, 0.6) is 0 Å². The lowest BCUT2D eigenvalue weighted by Gasteiger charge is -2.30. The van der Waals surface area contributed by atoms with Gasteiger partial charge in [0, 0.05) is 25.7 Å². The first-order chi connectivity index (χ1) is 9.90. The Labute approximate surface area is 124 Å². The molecule has 1 heterocycles. The van der Waals surface area contributed by atoms with Crippen LogP contribution in [0.1, 0.15) is 22.5 Å². The molecule has 0 aliphatic carbocycles. The highest BCUT2D eigenvalue weighted by atomic mass is 16.4. The van der Waals surface area contributed by atoms with Gasteiger partial charge in [0.1, 0.15) is 5.41 Å². The van der Waals surface area contributed by atoms with Crippen molar-refractivity contribution in [3.63, 3.8) is 0 Å². The number of hydrogen-bond acceptors (Lipinski definition) is 3. The summed E-state index contributed by atoms with van der Waals surface area (Å²) in [4.78, 5) is 12.0. The number of rotatable bonds is 5. The first kappa shape index (κ1) is 15.3. The number of aromatic nitrogens is 2. The van der Waals surface area contributed by atoms with E-state index in [-0.39, 0.29) is 6.54 Å². The Morgan fingerprint density at radius 2 is 2.05 bits per heavy atom. The average Bonchev–Trinajstić information content (AvgIpc) is 2.74. The SMILES string of the molecule is Cc1cc(CC(CN)(C(=O)O)c2ccccc2C)n(C)n1. The summed E-state index contributed by atoms with van der Waals surface area (Å²) in [5.74, 6) is -0.904. The number of carboxylic acids is 1. The molecule has 5 nitrogen and oxygen atoms in total. The molecule has 2 rings (SSSR count). The van der Waals surface area contributed by atoms with Gasteiger partial charge in [0.05, 0.1) is 5.69 Å². The molecule has 1 unspecified atom stereocenters. The maximum atomic E-state index is 12.0. The summed E-state index contributed by atoms with van der Waals surface area (Å²) in [6, 6.07) is 9.42.